The van der Waals surface area contributed by atoms with Crippen molar-refractivity contribution in [1.29, 1.82) is 0 Å². The molecule has 0 N–H and O–H groups in total. The normalized spacial score (nSPS) is 11.3. The predicted molar refractivity (Wildman–Crippen MR) is 64.5 cm³/mol. The minimum absolute atomic E-state index is 0.0637. The molecule has 0 aliphatic rings. The molecule has 2 aromatic rings. The van der Waals surface area contributed by atoms with Crippen molar-refractivity contribution in [3.05, 3.63) is 40.7 Å². The highest BCUT2D eigenvalue weighted by Crippen LogP contribution is 2.10. The third-order valence-corrected chi connectivity index (χ3v) is 2.59. The molecule has 90 valence electrons. The minimum Gasteiger partial charge on any atom is -0.308 e. The number of fused-ring (bicyclic) bond motifs is 1. The van der Waals surface area contributed by atoms with Crippen LogP contribution in [0.25, 0.3) is 10.9 Å². The summed E-state index contributed by atoms with van der Waals surface area (Å²) >= 11 is 0. The van der Waals surface area contributed by atoms with Crippen molar-refractivity contribution in [2.24, 2.45) is 0 Å². The zero-order chi connectivity index (χ0) is 12.4. The summed E-state index contributed by atoms with van der Waals surface area (Å²) in [7, 11) is 3.83. The molecule has 0 aliphatic heterocycles. The van der Waals surface area contributed by atoms with Gasteiger partial charge < -0.3 is 4.90 Å². The van der Waals surface area contributed by atoms with Crippen molar-refractivity contribution in [3.8, 4) is 0 Å². The van der Waals surface area contributed by atoms with E-state index in [1.54, 1.807) is 12.1 Å². The molecule has 1 aromatic carbocycles. The summed E-state index contributed by atoms with van der Waals surface area (Å²) in [6, 6.07) is 4.46. The number of benzene rings is 1. The summed E-state index contributed by atoms with van der Waals surface area (Å²) in [4.78, 5) is 18.1. The molecule has 0 amide bonds. The molecule has 1 heterocycles. The van der Waals surface area contributed by atoms with Gasteiger partial charge in [-0.2, -0.15) is 0 Å². The van der Waals surface area contributed by atoms with Gasteiger partial charge >= 0.3 is 0 Å². The van der Waals surface area contributed by atoms with E-state index in [1.807, 2.05) is 19.0 Å². The van der Waals surface area contributed by atoms with Gasteiger partial charge in [-0.05, 0) is 26.2 Å². The molecule has 0 bridgehead atoms. The largest absolute Gasteiger partial charge is 0.308 e. The molecule has 0 radical (unpaired) electrons. The van der Waals surface area contributed by atoms with E-state index in [9.17, 15) is 9.18 Å². The summed E-state index contributed by atoms with van der Waals surface area (Å²) in [5, 5.41) is 0.0637. The van der Waals surface area contributed by atoms with Crippen LogP contribution in [-0.2, 0) is 6.54 Å². The number of aromatic nitrogens is 2. The van der Waals surface area contributed by atoms with Crippen LogP contribution >= 0.6 is 0 Å². The number of nitrogens with zero attached hydrogens (tertiary/aromatic N) is 3. The third-order valence-electron chi connectivity index (χ3n) is 2.59. The zero-order valence-corrected chi connectivity index (χ0v) is 9.85. The van der Waals surface area contributed by atoms with E-state index < -0.39 is 5.82 Å². The van der Waals surface area contributed by atoms with Crippen molar-refractivity contribution in [1.82, 2.24) is 14.5 Å². The first kappa shape index (κ1) is 11.7. The lowest BCUT2D eigenvalue weighted by Crippen LogP contribution is -2.27. The fourth-order valence-electron chi connectivity index (χ4n) is 1.63. The lowest BCUT2D eigenvalue weighted by Gasteiger charge is -2.11. The van der Waals surface area contributed by atoms with Crippen LogP contribution < -0.4 is 5.56 Å². The summed E-state index contributed by atoms with van der Waals surface area (Å²) < 4.78 is 15.0. The summed E-state index contributed by atoms with van der Waals surface area (Å²) in [5.74, 6) is -0.515. The molecule has 0 unspecified atom stereocenters. The molecular weight excluding hydrogens is 221 g/mol. The highest BCUT2D eigenvalue weighted by Gasteiger charge is 2.08. The first-order chi connectivity index (χ1) is 8.09. The molecule has 0 aliphatic carbocycles. The highest BCUT2D eigenvalue weighted by atomic mass is 19.1. The molecular formula is C12H14FN3O. The SMILES string of the molecule is CN(C)CCn1cnc2cccc(F)c2c1=O. The van der Waals surface area contributed by atoms with Crippen LogP contribution in [0.2, 0.25) is 0 Å². The van der Waals surface area contributed by atoms with E-state index in [1.165, 1.54) is 17.0 Å². The van der Waals surface area contributed by atoms with Gasteiger partial charge in [-0.3, -0.25) is 9.36 Å². The molecule has 2 rings (SSSR count). The van der Waals surface area contributed by atoms with Crippen LogP contribution in [0.4, 0.5) is 4.39 Å². The molecule has 17 heavy (non-hydrogen) atoms. The molecule has 4 nitrogen and oxygen atoms in total. The van der Waals surface area contributed by atoms with E-state index in [4.69, 9.17) is 0 Å². The second-order valence-electron chi connectivity index (χ2n) is 4.18. The zero-order valence-electron chi connectivity index (χ0n) is 9.85. The van der Waals surface area contributed by atoms with Crippen LogP contribution in [0.15, 0.2) is 29.3 Å². The second-order valence-corrected chi connectivity index (χ2v) is 4.18. The number of likely N-dealkylation sites (N-methyl/N-ethyl adjacent to an activating group) is 1. The highest BCUT2D eigenvalue weighted by molar-refractivity contribution is 5.77. The lowest BCUT2D eigenvalue weighted by atomic mass is 10.2. The smallest absolute Gasteiger partial charge is 0.264 e. The fraction of sp³-hybridized carbons (Fsp3) is 0.333. The molecule has 0 spiro atoms. The van der Waals surface area contributed by atoms with E-state index >= 15 is 0 Å². The standard InChI is InChI=1S/C12H14FN3O/c1-15(2)6-7-16-8-14-10-5-3-4-9(13)11(10)12(16)17/h3-5,8H,6-7H2,1-2H3. The average Bonchev–Trinajstić information content (AvgIpc) is 2.28. The average molecular weight is 235 g/mol. The Hall–Kier alpha value is -1.75. The number of rotatable bonds is 3. The van der Waals surface area contributed by atoms with Crippen molar-refractivity contribution >= 4 is 10.9 Å². The first-order valence-corrected chi connectivity index (χ1v) is 5.38. The molecule has 0 fully saturated rings. The van der Waals surface area contributed by atoms with E-state index in [2.05, 4.69) is 4.98 Å². The van der Waals surface area contributed by atoms with Gasteiger partial charge in [0.1, 0.15) is 11.2 Å². The third kappa shape index (κ3) is 2.34. The van der Waals surface area contributed by atoms with Crippen LogP contribution in [0.1, 0.15) is 0 Å². The van der Waals surface area contributed by atoms with Crippen LogP contribution in [0.5, 0.6) is 0 Å². The Morgan fingerprint density at radius 1 is 1.41 bits per heavy atom. The molecule has 0 saturated heterocycles. The Balaban J connectivity index is 2.50. The van der Waals surface area contributed by atoms with Gasteiger partial charge in [-0.1, -0.05) is 6.07 Å². The first-order valence-electron chi connectivity index (χ1n) is 5.38. The van der Waals surface area contributed by atoms with Gasteiger partial charge in [-0.15, -0.1) is 0 Å². The molecule has 5 heteroatoms. The maximum Gasteiger partial charge on any atom is 0.264 e. The second kappa shape index (κ2) is 4.63. The number of halogens is 1. The molecule has 0 atom stereocenters. The van der Waals surface area contributed by atoms with E-state index in [-0.39, 0.29) is 10.9 Å². The minimum atomic E-state index is -0.515. The van der Waals surface area contributed by atoms with E-state index in [0.717, 1.165) is 0 Å². The predicted octanol–water partition coefficient (Wildman–Crippen LogP) is 1.10. The molecule has 1 aromatic heterocycles. The van der Waals surface area contributed by atoms with Crippen LogP contribution in [0.3, 0.4) is 0 Å². The summed E-state index contributed by atoms with van der Waals surface area (Å²) in [6.45, 7) is 1.21. The quantitative estimate of drug-likeness (QED) is 0.799. The number of hydrogen-bond acceptors (Lipinski definition) is 3. The van der Waals surface area contributed by atoms with Gasteiger partial charge in [0.2, 0.25) is 0 Å². The monoisotopic (exact) mass is 235 g/mol. The Labute approximate surface area is 98.3 Å². The van der Waals surface area contributed by atoms with Crippen molar-refractivity contribution < 1.29 is 4.39 Å². The van der Waals surface area contributed by atoms with Crippen LogP contribution in [0, 0.1) is 5.82 Å². The van der Waals surface area contributed by atoms with Gasteiger partial charge in [0.15, 0.2) is 0 Å². The topological polar surface area (TPSA) is 38.1 Å². The summed E-state index contributed by atoms with van der Waals surface area (Å²) in [5.41, 5.74) is 0.0750. The van der Waals surface area contributed by atoms with Crippen molar-refractivity contribution in [2.75, 3.05) is 20.6 Å². The van der Waals surface area contributed by atoms with Gasteiger partial charge in [0.05, 0.1) is 11.8 Å². The van der Waals surface area contributed by atoms with Gasteiger partial charge in [-0.25, -0.2) is 9.37 Å². The fourth-order valence-corrected chi connectivity index (χ4v) is 1.63. The maximum absolute atomic E-state index is 13.6. The Morgan fingerprint density at radius 3 is 2.88 bits per heavy atom. The maximum atomic E-state index is 13.6. The Kier molecular flexibility index (Phi) is 3.19. The number of hydrogen-bond donors (Lipinski definition) is 0. The Bertz CT molecular complexity index is 592. The lowest BCUT2D eigenvalue weighted by molar-refractivity contribution is 0.380. The van der Waals surface area contributed by atoms with E-state index in [0.29, 0.717) is 18.6 Å². The van der Waals surface area contributed by atoms with Crippen LogP contribution in [-0.4, -0.2) is 35.1 Å². The van der Waals surface area contributed by atoms with Crippen molar-refractivity contribution in [3.63, 3.8) is 0 Å². The van der Waals surface area contributed by atoms with Gasteiger partial charge in [0.25, 0.3) is 5.56 Å². The van der Waals surface area contributed by atoms with Crippen molar-refractivity contribution in [2.45, 2.75) is 6.54 Å². The van der Waals surface area contributed by atoms with Gasteiger partial charge in [0, 0.05) is 13.1 Å². The summed E-state index contributed by atoms with van der Waals surface area (Å²) in [6.07, 6.45) is 1.47. The molecule has 0 saturated carbocycles. The Morgan fingerprint density at radius 2 is 2.18 bits per heavy atom.